The van der Waals surface area contributed by atoms with Crippen LogP contribution in [0.25, 0.3) is 0 Å². The molecule has 2 N–H and O–H groups in total. The standard InChI is InChI=1S/C20H25N5O3/c1-20(2,3)15-11-23-16(28-15)12-24-19(21-4)22-9-10-25-17(26)13-7-5-6-8-14(13)18(25)27/h5-8,11H,9-10,12H2,1-4H3,(H2,21,22,24). The zero-order valence-corrected chi connectivity index (χ0v) is 16.6. The van der Waals surface area contributed by atoms with Gasteiger partial charge in [-0.15, -0.1) is 0 Å². The molecule has 1 aliphatic heterocycles. The molecule has 1 aromatic carbocycles. The van der Waals surface area contributed by atoms with Gasteiger partial charge in [0, 0.05) is 25.6 Å². The maximum Gasteiger partial charge on any atom is 0.261 e. The Morgan fingerprint density at radius 3 is 2.32 bits per heavy atom. The highest BCUT2D eigenvalue weighted by Gasteiger charge is 2.34. The topological polar surface area (TPSA) is 99.8 Å². The number of aromatic nitrogens is 1. The highest BCUT2D eigenvalue weighted by molar-refractivity contribution is 6.21. The van der Waals surface area contributed by atoms with Gasteiger partial charge in [0.1, 0.15) is 5.76 Å². The van der Waals surface area contributed by atoms with Crippen molar-refractivity contribution in [3.05, 3.63) is 53.2 Å². The lowest BCUT2D eigenvalue weighted by molar-refractivity contribution is 0.0657. The Labute approximate surface area is 164 Å². The van der Waals surface area contributed by atoms with Crippen molar-refractivity contribution in [3.63, 3.8) is 0 Å². The lowest BCUT2D eigenvalue weighted by Crippen LogP contribution is -2.42. The van der Waals surface area contributed by atoms with Gasteiger partial charge in [-0.05, 0) is 12.1 Å². The Morgan fingerprint density at radius 2 is 1.79 bits per heavy atom. The van der Waals surface area contributed by atoms with Crippen LogP contribution in [-0.2, 0) is 12.0 Å². The summed E-state index contributed by atoms with van der Waals surface area (Å²) >= 11 is 0. The fraction of sp³-hybridized carbons (Fsp3) is 0.400. The van der Waals surface area contributed by atoms with Crippen LogP contribution in [0.1, 0.15) is 53.1 Å². The minimum atomic E-state index is -0.264. The maximum absolute atomic E-state index is 12.4. The van der Waals surface area contributed by atoms with Crippen LogP contribution in [0.2, 0.25) is 0 Å². The number of guanidine groups is 1. The molecule has 148 valence electrons. The van der Waals surface area contributed by atoms with Gasteiger partial charge in [-0.2, -0.15) is 0 Å². The first-order chi connectivity index (χ1) is 13.3. The van der Waals surface area contributed by atoms with Crippen molar-refractivity contribution in [2.24, 2.45) is 4.99 Å². The number of oxazole rings is 1. The number of nitrogens with one attached hydrogen (secondary N) is 2. The lowest BCUT2D eigenvalue weighted by Gasteiger charge is -2.16. The van der Waals surface area contributed by atoms with E-state index in [2.05, 4.69) is 41.4 Å². The fourth-order valence-corrected chi connectivity index (χ4v) is 2.85. The molecule has 0 radical (unpaired) electrons. The van der Waals surface area contributed by atoms with Crippen molar-refractivity contribution in [1.82, 2.24) is 20.5 Å². The van der Waals surface area contributed by atoms with Crippen LogP contribution in [0.15, 0.2) is 39.9 Å². The molecule has 2 heterocycles. The molecule has 0 unspecified atom stereocenters. The molecule has 0 saturated carbocycles. The van der Waals surface area contributed by atoms with Crippen LogP contribution in [0.5, 0.6) is 0 Å². The molecular formula is C20H25N5O3. The third-order valence-electron chi connectivity index (χ3n) is 4.43. The van der Waals surface area contributed by atoms with E-state index < -0.39 is 0 Å². The molecule has 1 aromatic heterocycles. The molecule has 2 aromatic rings. The van der Waals surface area contributed by atoms with Crippen molar-refractivity contribution >= 4 is 17.8 Å². The van der Waals surface area contributed by atoms with Crippen LogP contribution < -0.4 is 10.6 Å². The molecule has 2 amide bonds. The highest BCUT2D eigenvalue weighted by atomic mass is 16.4. The minimum absolute atomic E-state index is 0.0996. The summed E-state index contributed by atoms with van der Waals surface area (Å²) in [6.07, 6.45) is 1.73. The van der Waals surface area contributed by atoms with E-state index in [1.165, 1.54) is 4.90 Å². The third-order valence-corrected chi connectivity index (χ3v) is 4.43. The maximum atomic E-state index is 12.4. The van der Waals surface area contributed by atoms with E-state index >= 15 is 0 Å². The quantitative estimate of drug-likeness (QED) is 0.465. The molecular weight excluding hydrogens is 358 g/mol. The second-order valence-electron chi connectivity index (χ2n) is 7.53. The van der Waals surface area contributed by atoms with Gasteiger partial charge >= 0.3 is 0 Å². The van der Waals surface area contributed by atoms with E-state index in [9.17, 15) is 9.59 Å². The number of imide groups is 1. The Morgan fingerprint density at radius 1 is 1.14 bits per heavy atom. The Balaban J connectivity index is 1.50. The van der Waals surface area contributed by atoms with Crippen molar-refractivity contribution < 1.29 is 14.0 Å². The van der Waals surface area contributed by atoms with Gasteiger partial charge in [0.05, 0.1) is 23.9 Å². The summed E-state index contributed by atoms with van der Waals surface area (Å²) in [6.45, 7) is 7.19. The molecule has 28 heavy (non-hydrogen) atoms. The van der Waals surface area contributed by atoms with Gasteiger partial charge < -0.3 is 15.1 Å². The van der Waals surface area contributed by atoms with Crippen molar-refractivity contribution in [2.45, 2.75) is 32.7 Å². The summed E-state index contributed by atoms with van der Waals surface area (Å²) in [4.78, 5) is 34.4. The summed E-state index contributed by atoms with van der Waals surface area (Å²) in [6, 6.07) is 6.86. The van der Waals surface area contributed by atoms with Crippen molar-refractivity contribution in [2.75, 3.05) is 20.1 Å². The normalized spacial score (nSPS) is 14.4. The Hall–Kier alpha value is -3.16. The summed E-state index contributed by atoms with van der Waals surface area (Å²) in [7, 11) is 1.65. The number of hydrogen-bond donors (Lipinski definition) is 2. The van der Waals surface area contributed by atoms with Gasteiger partial charge in [0.2, 0.25) is 5.89 Å². The van der Waals surface area contributed by atoms with E-state index in [0.717, 1.165) is 5.76 Å². The minimum Gasteiger partial charge on any atom is -0.443 e. The van der Waals surface area contributed by atoms with E-state index in [-0.39, 0.29) is 23.8 Å². The molecule has 8 nitrogen and oxygen atoms in total. The molecule has 0 saturated heterocycles. The third kappa shape index (κ3) is 4.05. The van der Waals surface area contributed by atoms with Crippen LogP contribution in [0.3, 0.4) is 0 Å². The van der Waals surface area contributed by atoms with Gasteiger partial charge in [-0.1, -0.05) is 32.9 Å². The van der Waals surface area contributed by atoms with Crippen molar-refractivity contribution in [1.29, 1.82) is 0 Å². The molecule has 0 fully saturated rings. The fourth-order valence-electron chi connectivity index (χ4n) is 2.85. The summed E-state index contributed by atoms with van der Waals surface area (Å²) < 4.78 is 5.74. The Kier molecular flexibility index (Phi) is 5.48. The van der Waals surface area contributed by atoms with E-state index in [1.807, 2.05) is 0 Å². The average molecular weight is 383 g/mol. The van der Waals surface area contributed by atoms with Gasteiger partial charge in [0.15, 0.2) is 5.96 Å². The SMILES string of the molecule is CN=C(NCCN1C(=O)c2ccccc2C1=O)NCc1ncc(C(C)(C)C)o1. The number of carbonyl (C=O) groups is 2. The summed E-state index contributed by atoms with van der Waals surface area (Å²) in [5, 5.41) is 6.20. The zero-order valence-electron chi connectivity index (χ0n) is 16.6. The number of nitrogens with zero attached hydrogens (tertiary/aromatic N) is 3. The average Bonchev–Trinajstić information content (AvgIpc) is 3.24. The predicted octanol–water partition coefficient (Wildman–Crippen LogP) is 1.93. The highest BCUT2D eigenvalue weighted by Crippen LogP contribution is 2.23. The smallest absolute Gasteiger partial charge is 0.261 e. The Bertz CT molecular complexity index is 876. The zero-order chi connectivity index (χ0) is 20.3. The van der Waals surface area contributed by atoms with E-state index in [4.69, 9.17) is 4.42 Å². The monoisotopic (exact) mass is 383 g/mol. The van der Waals surface area contributed by atoms with Gasteiger partial charge in [-0.25, -0.2) is 4.98 Å². The molecule has 3 rings (SSSR count). The molecule has 0 bridgehead atoms. The molecule has 0 spiro atoms. The first-order valence-corrected chi connectivity index (χ1v) is 9.16. The first kappa shape index (κ1) is 19.6. The molecule has 0 aliphatic carbocycles. The second kappa shape index (κ2) is 7.84. The van der Waals surface area contributed by atoms with E-state index in [0.29, 0.717) is 36.1 Å². The van der Waals surface area contributed by atoms with Crippen LogP contribution >= 0.6 is 0 Å². The number of carbonyl (C=O) groups excluding carboxylic acids is 2. The summed E-state index contributed by atoms with van der Waals surface area (Å²) in [5.41, 5.74) is 0.805. The first-order valence-electron chi connectivity index (χ1n) is 9.16. The summed E-state index contributed by atoms with van der Waals surface area (Å²) in [5.74, 6) is 1.39. The molecule has 8 heteroatoms. The number of aliphatic imine (C=N–C) groups is 1. The lowest BCUT2D eigenvalue weighted by atomic mass is 9.94. The van der Waals surface area contributed by atoms with E-state index in [1.54, 1.807) is 37.5 Å². The number of benzene rings is 1. The number of amides is 2. The second-order valence-corrected chi connectivity index (χ2v) is 7.53. The van der Waals surface area contributed by atoms with Crippen LogP contribution in [0.4, 0.5) is 0 Å². The number of fused-ring (bicyclic) bond motifs is 1. The predicted molar refractivity (Wildman–Crippen MR) is 105 cm³/mol. The van der Waals surface area contributed by atoms with Gasteiger partial charge in [0.25, 0.3) is 11.8 Å². The molecule has 0 atom stereocenters. The van der Waals surface area contributed by atoms with Gasteiger partial charge in [-0.3, -0.25) is 19.5 Å². The molecule has 1 aliphatic rings. The number of rotatable bonds is 5. The number of hydrogen-bond acceptors (Lipinski definition) is 5. The largest absolute Gasteiger partial charge is 0.443 e. The van der Waals surface area contributed by atoms with Crippen LogP contribution in [0, 0.1) is 0 Å². The van der Waals surface area contributed by atoms with Crippen LogP contribution in [-0.4, -0.2) is 47.8 Å². The van der Waals surface area contributed by atoms with Crippen molar-refractivity contribution in [3.8, 4) is 0 Å².